The summed E-state index contributed by atoms with van der Waals surface area (Å²) in [6.45, 7) is 1.95. The van der Waals surface area contributed by atoms with Crippen LogP contribution >= 0.6 is 0 Å². The Kier molecular flexibility index (Phi) is 4.61. The molecule has 0 bridgehead atoms. The number of carbonyl (C=O) groups is 1. The summed E-state index contributed by atoms with van der Waals surface area (Å²) in [5.74, 6) is -1.40. The van der Waals surface area contributed by atoms with Crippen molar-refractivity contribution in [2.24, 2.45) is 0 Å². The van der Waals surface area contributed by atoms with Crippen molar-refractivity contribution in [3.63, 3.8) is 0 Å². The van der Waals surface area contributed by atoms with Gasteiger partial charge in [-0.1, -0.05) is 13.3 Å². The Hall–Kier alpha value is -1.23. The van der Waals surface area contributed by atoms with Crippen LogP contribution in [0.2, 0.25) is 0 Å². The standard InChI is InChI=1S/C11H13FO3S/c1-2-3-6-16(15)10-7-8(11(13)14)4-5-9(10)12/h4-5,7H,2-3,6H2,1H3,(H,13,14). The van der Waals surface area contributed by atoms with E-state index in [1.165, 1.54) is 0 Å². The number of unbranched alkanes of at least 4 members (excludes halogenated alkanes) is 1. The van der Waals surface area contributed by atoms with Crippen molar-refractivity contribution >= 4 is 16.8 Å². The Labute approximate surface area is 95.8 Å². The van der Waals surface area contributed by atoms with Crippen LogP contribution in [0.15, 0.2) is 23.1 Å². The van der Waals surface area contributed by atoms with Crippen LogP contribution in [0.5, 0.6) is 0 Å². The molecule has 1 atom stereocenters. The van der Waals surface area contributed by atoms with E-state index in [4.69, 9.17) is 5.11 Å². The van der Waals surface area contributed by atoms with Crippen molar-refractivity contribution in [1.29, 1.82) is 0 Å². The topological polar surface area (TPSA) is 54.4 Å². The normalized spacial score (nSPS) is 12.4. The molecule has 0 spiro atoms. The third-order valence-corrected chi connectivity index (χ3v) is 3.57. The number of carboxylic acid groups (broad SMARTS) is 1. The molecule has 1 unspecified atom stereocenters. The van der Waals surface area contributed by atoms with Gasteiger partial charge in [0, 0.05) is 5.75 Å². The van der Waals surface area contributed by atoms with Gasteiger partial charge < -0.3 is 5.11 Å². The minimum Gasteiger partial charge on any atom is -0.478 e. The lowest BCUT2D eigenvalue weighted by atomic mass is 10.2. The lowest BCUT2D eigenvalue weighted by Gasteiger charge is -2.04. The number of halogens is 1. The second kappa shape index (κ2) is 5.75. The zero-order chi connectivity index (χ0) is 12.1. The van der Waals surface area contributed by atoms with Gasteiger partial charge in [0.05, 0.1) is 21.3 Å². The number of carboxylic acids is 1. The second-order valence-corrected chi connectivity index (χ2v) is 4.89. The summed E-state index contributed by atoms with van der Waals surface area (Å²) in [6, 6.07) is 3.35. The monoisotopic (exact) mass is 244 g/mol. The van der Waals surface area contributed by atoms with Crippen LogP contribution in [-0.4, -0.2) is 21.0 Å². The maximum absolute atomic E-state index is 13.3. The molecule has 5 heteroatoms. The molecule has 1 rings (SSSR count). The van der Waals surface area contributed by atoms with Gasteiger partial charge in [0.25, 0.3) is 0 Å². The first kappa shape index (κ1) is 12.8. The summed E-state index contributed by atoms with van der Waals surface area (Å²) in [7, 11) is -1.46. The highest BCUT2D eigenvalue weighted by Crippen LogP contribution is 2.16. The zero-order valence-electron chi connectivity index (χ0n) is 8.90. The number of hydrogen-bond acceptors (Lipinski definition) is 2. The van der Waals surface area contributed by atoms with E-state index in [1.54, 1.807) is 0 Å². The van der Waals surface area contributed by atoms with Crippen molar-refractivity contribution in [2.45, 2.75) is 24.7 Å². The fraction of sp³-hybridized carbons (Fsp3) is 0.364. The third kappa shape index (κ3) is 3.13. The van der Waals surface area contributed by atoms with E-state index in [0.717, 1.165) is 31.0 Å². The van der Waals surface area contributed by atoms with Gasteiger partial charge in [0.15, 0.2) is 0 Å². The maximum atomic E-state index is 13.3. The predicted molar refractivity (Wildman–Crippen MR) is 59.5 cm³/mol. The molecule has 1 aromatic carbocycles. The summed E-state index contributed by atoms with van der Waals surface area (Å²) >= 11 is 0. The van der Waals surface area contributed by atoms with Gasteiger partial charge >= 0.3 is 5.97 Å². The Morgan fingerprint density at radius 1 is 1.50 bits per heavy atom. The van der Waals surface area contributed by atoms with Gasteiger partial charge in [0.2, 0.25) is 0 Å². The van der Waals surface area contributed by atoms with Gasteiger partial charge in [-0.25, -0.2) is 9.18 Å². The van der Waals surface area contributed by atoms with E-state index < -0.39 is 22.6 Å². The highest BCUT2D eigenvalue weighted by atomic mass is 32.2. The molecule has 3 nitrogen and oxygen atoms in total. The Balaban J connectivity index is 2.97. The van der Waals surface area contributed by atoms with Crippen LogP contribution < -0.4 is 0 Å². The molecule has 0 amide bonds. The molecular formula is C11H13FO3S. The quantitative estimate of drug-likeness (QED) is 0.865. The van der Waals surface area contributed by atoms with Crippen LogP contribution in [-0.2, 0) is 10.8 Å². The molecule has 1 aromatic rings. The number of rotatable bonds is 5. The van der Waals surface area contributed by atoms with Crippen LogP contribution in [0.4, 0.5) is 4.39 Å². The Morgan fingerprint density at radius 2 is 2.19 bits per heavy atom. The lowest BCUT2D eigenvalue weighted by Crippen LogP contribution is -2.04. The maximum Gasteiger partial charge on any atom is 0.335 e. The lowest BCUT2D eigenvalue weighted by molar-refractivity contribution is 0.0696. The largest absolute Gasteiger partial charge is 0.478 e. The molecule has 0 fully saturated rings. The number of aromatic carboxylic acids is 1. The minimum atomic E-state index is -1.46. The summed E-state index contributed by atoms with van der Waals surface area (Å²) in [4.78, 5) is 10.7. The van der Waals surface area contributed by atoms with E-state index in [1.807, 2.05) is 6.92 Å². The van der Waals surface area contributed by atoms with Crippen LogP contribution in [0.25, 0.3) is 0 Å². The van der Waals surface area contributed by atoms with Crippen molar-refractivity contribution in [1.82, 2.24) is 0 Å². The fourth-order valence-electron chi connectivity index (χ4n) is 1.20. The van der Waals surface area contributed by atoms with Gasteiger partial charge in [-0.2, -0.15) is 0 Å². The fourth-order valence-corrected chi connectivity index (χ4v) is 2.51. The molecule has 16 heavy (non-hydrogen) atoms. The van der Waals surface area contributed by atoms with E-state index in [9.17, 15) is 13.4 Å². The molecule has 0 aliphatic carbocycles. The molecule has 88 valence electrons. The average Bonchev–Trinajstić information content (AvgIpc) is 2.26. The van der Waals surface area contributed by atoms with Crippen molar-refractivity contribution in [3.8, 4) is 0 Å². The molecule has 0 heterocycles. The molecule has 0 aliphatic rings. The number of benzene rings is 1. The van der Waals surface area contributed by atoms with Crippen LogP contribution in [0, 0.1) is 5.82 Å². The van der Waals surface area contributed by atoms with Crippen molar-refractivity contribution in [3.05, 3.63) is 29.6 Å². The minimum absolute atomic E-state index is 0.0200. The van der Waals surface area contributed by atoms with Gasteiger partial charge in [-0.15, -0.1) is 0 Å². The molecule has 0 aliphatic heterocycles. The van der Waals surface area contributed by atoms with Crippen LogP contribution in [0.3, 0.4) is 0 Å². The zero-order valence-corrected chi connectivity index (χ0v) is 9.72. The third-order valence-electron chi connectivity index (χ3n) is 2.11. The first-order valence-electron chi connectivity index (χ1n) is 4.97. The number of hydrogen-bond donors (Lipinski definition) is 1. The molecule has 0 saturated carbocycles. The van der Waals surface area contributed by atoms with Crippen molar-refractivity contribution < 1.29 is 18.5 Å². The summed E-state index contributed by atoms with van der Waals surface area (Å²) in [5.41, 5.74) is -0.0405. The van der Waals surface area contributed by atoms with E-state index in [-0.39, 0.29) is 10.5 Å². The van der Waals surface area contributed by atoms with Gasteiger partial charge in [0.1, 0.15) is 5.82 Å². The Morgan fingerprint density at radius 3 is 2.75 bits per heavy atom. The van der Waals surface area contributed by atoms with Crippen LogP contribution in [0.1, 0.15) is 30.1 Å². The highest BCUT2D eigenvalue weighted by Gasteiger charge is 2.13. The van der Waals surface area contributed by atoms with Gasteiger partial charge in [-0.3, -0.25) is 4.21 Å². The first-order chi connectivity index (χ1) is 7.56. The summed E-state index contributed by atoms with van der Waals surface area (Å²) < 4.78 is 25.0. The smallest absolute Gasteiger partial charge is 0.335 e. The second-order valence-electron chi connectivity index (χ2n) is 3.35. The van der Waals surface area contributed by atoms with E-state index >= 15 is 0 Å². The van der Waals surface area contributed by atoms with Gasteiger partial charge in [-0.05, 0) is 24.6 Å². The Bertz CT molecular complexity index is 418. The molecular weight excluding hydrogens is 231 g/mol. The summed E-state index contributed by atoms with van der Waals surface area (Å²) in [6.07, 6.45) is 1.59. The molecule has 0 aromatic heterocycles. The van der Waals surface area contributed by atoms with E-state index in [0.29, 0.717) is 5.75 Å². The molecule has 0 saturated heterocycles. The van der Waals surface area contributed by atoms with Crippen molar-refractivity contribution in [2.75, 3.05) is 5.75 Å². The first-order valence-corrected chi connectivity index (χ1v) is 6.29. The van der Waals surface area contributed by atoms with E-state index in [2.05, 4.69) is 0 Å². The SMILES string of the molecule is CCCCS(=O)c1cc(C(=O)O)ccc1F. The average molecular weight is 244 g/mol. The predicted octanol–water partition coefficient (Wildman–Crippen LogP) is 2.43. The highest BCUT2D eigenvalue weighted by molar-refractivity contribution is 7.85. The summed E-state index contributed by atoms with van der Waals surface area (Å²) in [5, 5.41) is 8.74. The molecule has 1 N–H and O–H groups in total. The molecule has 0 radical (unpaired) electrons.